The van der Waals surface area contributed by atoms with Crippen molar-refractivity contribution in [1.29, 1.82) is 0 Å². The number of hydrogen-bond acceptors (Lipinski definition) is 10. The molecule has 0 fully saturated rings. The van der Waals surface area contributed by atoms with E-state index in [0.29, 0.717) is 44.2 Å². The largest absolute Gasteiger partial charge is 0.504 e. The number of allylic oxidation sites excluding steroid dienone is 1. The van der Waals surface area contributed by atoms with Crippen LogP contribution in [0.4, 0.5) is 4.79 Å². The van der Waals surface area contributed by atoms with Crippen molar-refractivity contribution in [1.82, 2.24) is 16.1 Å². The van der Waals surface area contributed by atoms with E-state index < -0.39 is 24.3 Å². The van der Waals surface area contributed by atoms with Gasteiger partial charge in [-0.15, -0.1) is 0 Å². The summed E-state index contributed by atoms with van der Waals surface area (Å²) in [6.45, 7) is 3.59. The van der Waals surface area contributed by atoms with Gasteiger partial charge in [-0.05, 0) is 71.8 Å². The Balaban J connectivity index is 1.70. The van der Waals surface area contributed by atoms with E-state index >= 15 is 0 Å². The summed E-state index contributed by atoms with van der Waals surface area (Å²) in [5.74, 6) is 0.481. The Morgan fingerprint density at radius 1 is 1.21 bits per heavy atom. The number of esters is 1. The Morgan fingerprint density at radius 2 is 1.97 bits per heavy atom. The van der Waals surface area contributed by atoms with Crippen LogP contribution in [-0.4, -0.2) is 62.1 Å². The number of urea groups is 1. The molecular weight excluding hydrogens is 611 g/mol. The van der Waals surface area contributed by atoms with E-state index in [9.17, 15) is 19.8 Å². The quantitative estimate of drug-likeness (QED) is 0.0818. The van der Waals surface area contributed by atoms with Gasteiger partial charge in [-0.1, -0.05) is 6.07 Å². The maximum atomic E-state index is 12.4. The zero-order valence-electron chi connectivity index (χ0n) is 21.2. The van der Waals surface area contributed by atoms with Gasteiger partial charge >= 0.3 is 12.0 Å². The molecule has 204 valence electrons. The predicted molar refractivity (Wildman–Crippen MR) is 146 cm³/mol. The molecule has 0 spiro atoms. The number of benzene rings is 2. The van der Waals surface area contributed by atoms with E-state index in [-0.39, 0.29) is 17.9 Å². The average molecular weight is 640 g/mol. The lowest BCUT2D eigenvalue weighted by Gasteiger charge is -2.28. The fourth-order valence-electron chi connectivity index (χ4n) is 3.64. The number of amides is 2. The number of carbonyl (C=O) groups excluding carboxylic acids is 2. The molecule has 1 aliphatic rings. The summed E-state index contributed by atoms with van der Waals surface area (Å²) in [4.78, 5) is 24.5. The lowest BCUT2D eigenvalue weighted by Crippen LogP contribution is -2.45. The van der Waals surface area contributed by atoms with E-state index in [1.807, 2.05) is 22.6 Å². The number of hydrazone groups is 1. The van der Waals surface area contributed by atoms with Crippen molar-refractivity contribution in [2.45, 2.75) is 26.1 Å². The monoisotopic (exact) mass is 640 g/mol. The average Bonchev–Trinajstić information content (AvgIpc) is 2.89. The Labute approximate surface area is 233 Å². The smallest absolute Gasteiger partial charge is 0.337 e. The number of phenols is 1. The van der Waals surface area contributed by atoms with E-state index in [4.69, 9.17) is 18.9 Å². The van der Waals surface area contributed by atoms with Crippen molar-refractivity contribution >= 4 is 40.8 Å². The number of phenolic OH excluding ortho intramolecular Hbond substituents is 1. The number of nitrogens with zero attached hydrogens (tertiary/aromatic N) is 1. The first-order chi connectivity index (χ1) is 18.2. The highest BCUT2D eigenvalue weighted by atomic mass is 127. The van der Waals surface area contributed by atoms with E-state index in [0.717, 1.165) is 0 Å². The van der Waals surface area contributed by atoms with E-state index in [1.54, 1.807) is 44.2 Å². The van der Waals surface area contributed by atoms with Crippen molar-refractivity contribution in [3.63, 3.8) is 0 Å². The summed E-state index contributed by atoms with van der Waals surface area (Å²) in [7, 11) is 2.72. The number of ether oxygens (including phenoxy) is 4. The first kappa shape index (κ1) is 28.8. The maximum Gasteiger partial charge on any atom is 0.337 e. The highest BCUT2D eigenvalue weighted by molar-refractivity contribution is 14.1. The Morgan fingerprint density at radius 3 is 2.66 bits per heavy atom. The number of aliphatic hydroxyl groups excluding tert-OH is 1. The minimum Gasteiger partial charge on any atom is -0.504 e. The molecule has 1 aliphatic heterocycles. The van der Waals surface area contributed by atoms with Gasteiger partial charge in [-0.25, -0.2) is 9.59 Å². The fraction of sp³-hybridized carbons (Fsp3) is 0.320. The Hall–Kier alpha value is -3.72. The van der Waals surface area contributed by atoms with Gasteiger partial charge < -0.3 is 39.8 Å². The number of aliphatic hydroxyl groups is 1. The second-order valence-corrected chi connectivity index (χ2v) is 9.13. The molecule has 0 aromatic heterocycles. The van der Waals surface area contributed by atoms with Crippen LogP contribution in [0.1, 0.15) is 31.0 Å². The van der Waals surface area contributed by atoms with Crippen molar-refractivity contribution in [3.05, 3.63) is 56.3 Å². The van der Waals surface area contributed by atoms with E-state index in [1.165, 1.54) is 20.4 Å². The highest BCUT2D eigenvalue weighted by Crippen LogP contribution is 2.35. The summed E-state index contributed by atoms with van der Waals surface area (Å²) in [5, 5.41) is 29.5. The second-order valence-electron chi connectivity index (χ2n) is 7.97. The molecule has 2 atom stereocenters. The fourth-order valence-corrected chi connectivity index (χ4v) is 4.27. The zero-order valence-corrected chi connectivity index (χ0v) is 23.4. The van der Waals surface area contributed by atoms with Gasteiger partial charge in [-0.2, -0.15) is 5.10 Å². The predicted octanol–water partition coefficient (Wildman–Crippen LogP) is 2.53. The van der Waals surface area contributed by atoms with Crippen LogP contribution in [0.2, 0.25) is 0 Å². The number of hydrogen-bond donors (Lipinski definition) is 5. The number of nitrogens with one attached hydrogen (secondary N) is 3. The number of carbonyl (C=O) groups is 2. The van der Waals surface area contributed by atoms with Crippen molar-refractivity contribution in [2.75, 3.05) is 27.4 Å². The van der Waals surface area contributed by atoms with Gasteiger partial charge in [0.25, 0.3) is 0 Å². The van der Waals surface area contributed by atoms with Gasteiger partial charge in [0, 0.05) is 5.70 Å². The number of rotatable bonds is 11. The van der Waals surface area contributed by atoms with Crippen LogP contribution in [0.15, 0.2) is 46.7 Å². The summed E-state index contributed by atoms with van der Waals surface area (Å²) >= 11 is 1.98. The summed E-state index contributed by atoms with van der Waals surface area (Å²) in [5.41, 5.74) is 4.45. The molecule has 0 saturated carbocycles. The molecular formula is C25H29IN4O8. The molecule has 0 aliphatic carbocycles. The molecule has 13 heteroatoms. The van der Waals surface area contributed by atoms with Gasteiger partial charge in [0.15, 0.2) is 29.2 Å². The molecule has 0 radical (unpaired) electrons. The Bertz CT molecular complexity index is 1250. The van der Waals surface area contributed by atoms with Crippen LogP contribution in [0.3, 0.4) is 0 Å². The summed E-state index contributed by atoms with van der Waals surface area (Å²) in [6.07, 6.45) is 0.314. The number of aromatic hydroxyl groups is 1. The molecule has 12 nitrogen and oxygen atoms in total. The molecule has 5 N–H and O–H groups in total. The number of halogens is 1. The summed E-state index contributed by atoms with van der Waals surface area (Å²) in [6, 6.07) is 7.07. The molecule has 0 bridgehead atoms. The first-order valence-electron chi connectivity index (χ1n) is 11.5. The molecule has 3 rings (SSSR count). The summed E-state index contributed by atoms with van der Waals surface area (Å²) < 4.78 is 22.0. The van der Waals surface area contributed by atoms with Crippen LogP contribution >= 0.6 is 22.6 Å². The van der Waals surface area contributed by atoms with Crippen LogP contribution in [-0.2, 0) is 9.53 Å². The van der Waals surface area contributed by atoms with Crippen LogP contribution in [0.25, 0.3) is 0 Å². The third kappa shape index (κ3) is 6.98. The highest BCUT2D eigenvalue weighted by Gasteiger charge is 2.32. The maximum absolute atomic E-state index is 12.4. The van der Waals surface area contributed by atoms with Crippen molar-refractivity contribution in [3.8, 4) is 23.0 Å². The topological polar surface area (TPSA) is 160 Å². The van der Waals surface area contributed by atoms with Crippen molar-refractivity contribution in [2.24, 2.45) is 5.10 Å². The SMILES string of the molecule is CCOc1cc([C@H]2NC(=O)NC(C)=C2C(=O)OC)ccc1OC[C@@H](O)N/N=C\c1cc(I)c(O)c(OC)c1. The molecule has 2 aromatic carbocycles. The number of methoxy groups -OCH3 is 2. The van der Waals surface area contributed by atoms with Gasteiger partial charge in [0.1, 0.15) is 6.61 Å². The van der Waals surface area contributed by atoms with E-state index in [2.05, 4.69) is 21.2 Å². The normalized spacial score (nSPS) is 15.9. The third-order valence-corrected chi connectivity index (χ3v) is 6.20. The third-order valence-electron chi connectivity index (χ3n) is 5.38. The molecule has 0 saturated heterocycles. The molecule has 2 aromatic rings. The van der Waals surface area contributed by atoms with Gasteiger partial charge in [0.2, 0.25) is 0 Å². The minimum absolute atomic E-state index is 0.0398. The molecule has 38 heavy (non-hydrogen) atoms. The Kier molecular flexibility index (Phi) is 10.0. The van der Waals surface area contributed by atoms with Gasteiger partial charge in [-0.3, -0.25) is 5.43 Å². The molecule has 1 heterocycles. The minimum atomic E-state index is -1.15. The van der Waals surface area contributed by atoms with Crippen molar-refractivity contribution < 1.29 is 38.7 Å². The van der Waals surface area contributed by atoms with Crippen LogP contribution < -0.4 is 30.3 Å². The van der Waals surface area contributed by atoms with Crippen LogP contribution in [0, 0.1) is 3.57 Å². The standard InChI is InChI=1S/C25H29IN4O8/c1-5-37-18-10-15(22-21(24(33)36-4)13(2)28-25(34)29-22)6-7-17(18)38-12-20(31)30-27-11-14-8-16(26)23(32)19(9-14)35-3/h6-11,20,22,30-32H,5,12H2,1-4H3,(H2,28,29,34)/b27-11-/t20-,22-/m1/s1. The lowest BCUT2D eigenvalue weighted by molar-refractivity contribution is -0.136. The van der Waals surface area contributed by atoms with Crippen LogP contribution in [0.5, 0.6) is 23.0 Å². The lowest BCUT2D eigenvalue weighted by atomic mass is 9.95. The zero-order chi connectivity index (χ0) is 27.8. The molecule has 0 unspecified atom stereocenters. The second kappa shape index (κ2) is 13.2. The van der Waals surface area contributed by atoms with Gasteiger partial charge in [0.05, 0.1) is 42.2 Å². The first-order valence-corrected chi connectivity index (χ1v) is 12.6. The molecule has 2 amide bonds.